The van der Waals surface area contributed by atoms with Crippen molar-refractivity contribution in [1.82, 2.24) is 25.0 Å². The van der Waals surface area contributed by atoms with Crippen molar-refractivity contribution in [1.29, 1.82) is 0 Å². The topological polar surface area (TPSA) is 56.5 Å². The Labute approximate surface area is 121 Å². The van der Waals surface area contributed by atoms with Crippen molar-refractivity contribution in [2.24, 2.45) is 0 Å². The second-order valence-corrected chi connectivity index (χ2v) is 5.19. The number of rotatable bonds is 4. The van der Waals surface area contributed by atoms with E-state index in [4.69, 9.17) is 0 Å². The second kappa shape index (κ2) is 5.58. The molecule has 102 valence electrons. The van der Waals surface area contributed by atoms with Crippen molar-refractivity contribution < 1.29 is 0 Å². The van der Waals surface area contributed by atoms with Crippen LogP contribution in [0.25, 0.3) is 16.9 Å². The lowest BCUT2D eigenvalue weighted by molar-refractivity contribution is 0.808. The molecular formula is C14H15N5S. The van der Waals surface area contributed by atoms with Gasteiger partial charge in [0, 0.05) is 0 Å². The van der Waals surface area contributed by atoms with Crippen LogP contribution in [0.5, 0.6) is 0 Å². The molecule has 0 aliphatic rings. The van der Waals surface area contributed by atoms with Gasteiger partial charge in [-0.2, -0.15) is 5.10 Å². The Morgan fingerprint density at radius 2 is 1.95 bits per heavy atom. The largest absolute Gasteiger partial charge is 0.216 e. The van der Waals surface area contributed by atoms with Gasteiger partial charge in [-0.15, -0.1) is 10.2 Å². The van der Waals surface area contributed by atoms with Gasteiger partial charge in [-0.1, -0.05) is 43.3 Å². The Hall–Kier alpha value is -1.95. The number of aryl methyl sites for hydroxylation is 1. The highest BCUT2D eigenvalue weighted by Crippen LogP contribution is 2.21. The summed E-state index contributed by atoms with van der Waals surface area (Å²) in [7, 11) is 0. The Morgan fingerprint density at radius 1 is 1.15 bits per heavy atom. The summed E-state index contributed by atoms with van der Waals surface area (Å²) in [5.41, 5.74) is 3.54. The monoisotopic (exact) mass is 285 g/mol. The van der Waals surface area contributed by atoms with Crippen LogP contribution < -0.4 is 0 Å². The van der Waals surface area contributed by atoms with Crippen LogP contribution in [-0.4, -0.2) is 31.2 Å². The minimum Gasteiger partial charge on any atom is -0.216 e. The van der Waals surface area contributed by atoms with E-state index in [0.29, 0.717) is 5.16 Å². The van der Waals surface area contributed by atoms with Gasteiger partial charge in [0.1, 0.15) is 5.52 Å². The third kappa shape index (κ3) is 2.27. The van der Waals surface area contributed by atoms with E-state index in [1.807, 2.05) is 41.3 Å². The normalized spacial score (nSPS) is 11.1. The summed E-state index contributed by atoms with van der Waals surface area (Å²) in [5, 5.41) is 13.8. The van der Waals surface area contributed by atoms with Crippen molar-refractivity contribution >= 4 is 22.9 Å². The van der Waals surface area contributed by atoms with Crippen molar-refractivity contribution in [3.63, 3.8) is 0 Å². The molecule has 0 saturated heterocycles. The third-order valence-corrected chi connectivity index (χ3v) is 3.55. The number of aromatic nitrogens is 5. The van der Waals surface area contributed by atoms with Gasteiger partial charge < -0.3 is 0 Å². The molecule has 0 amide bonds. The third-order valence-electron chi connectivity index (χ3n) is 3.01. The first-order valence-corrected chi connectivity index (χ1v) is 7.77. The van der Waals surface area contributed by atoms with Gasteiger partial charge in [0.05, 0.1) is 11.4 Å². The first kappa shape index (κ1) is 13.1. The molecule has 1 aromatic carbocycles. The second-order valence-electron chi connectivity index (χ2n) is 4.41. The summed E-state index contributed by atoms with van der Waals surface area (Å²) in [4.78, 5) is 4.56. The fraction of sp³-hybridized carbons (Fsp3) is 0.286. The van der Waals surface area contributed by atoms with Gasteiger partial charge in [-0.3, -0.25) is 0 Å². The molecule has 0 unspecified atom stereocenters. The summed E-state index contributed by atoms with van der Waals surface area (Å²) in [6.45, 7) is 2.14. The van der Waals surface area contributed by atoms with Crippen LogP contribution in [0, 0.1) is 0 Å². The predicted molar refractivity (Wildman–Crippen MR) is 80.2 cm³/mol. The quantitative estimate of drug-likeness (QED) is 0.690. The molecular weight excluding hydrogens is 270 g/mol. The summed E-state index contributed by atoms with van der Waals surface area (Å²) >= 11 is 1.49. The lowest BCUT2D eigenvalue weighted by Gasteiger charge is -2.01. The maximum absolute atomic E-state index is 4.67. The molecule has 6 heteroatoms. The van der Waals surface area contributed by atoms with E-state index in [2.05, 4.69) is 27.2 Å². The minimum absolute atomic E-state index is 0.683. The van der Waals surface area contributed by atoms with Crippen LogP contribution in [0.15, 0.2) is 35.5 Å². The number of fused-ring (bicyclic) bond motifs is 1. The maximum Gasteiger partial charge on any atom is 0.209 e. The highest BCUT2D eigenvalue weighted by atomic mass is 32.2. The average molecular weight is 285 g/mol. The zero-order chi connectivity index (χ0) is 13.9. The Balaban J connectivity index is 2.23. The zero-order valence-corrected chi connectivity index (χ0v) is 12.3. The minimum atomic E-state index is 0.683. The highest BCUT2D eigenvalue weighted by molar-refractivity contribution is 7.98. The number of hydrogen-bond acceptors (Lipinski definition) is 5. The standard InChI is InChI=1S/C14H15N5S/c1-3-7-11-12-13(16-17-14(15-12)20-2)19(18-11)10-8-5-4-6-9-10/h4-6,8-9H,3,7H2,1-2H3. The van der Waals surface area contributed by atoms with E-state index in [1.165, 1.54) is 11.8 Å². The van der Waals surface area contributed by atoms with Crippen molar-refractivity contribution in [2.75, 3.05) is 6.26 Å². The van der Waals surface area contributed by atoms with E-state index in [1.54, 1.807) is 0 Å². The van der Waals surface area contributed by atoms with Gasteiger partial charge in [0.25, 0.3) is 0 Å². The van der Waals surface area contributed by atoms with Crippen LogP contribution in [0.1, 0.15) is 19.0 Å². The van der Waals surface area contributed by atoms with Gasteiger partial charge in [-0.05, 0) is 24.8 Å². The number of para-hydroxylation sites is 1. The van der Waals surface area contributed by atoms with Crippen molar-refractivity contribution in [2.45, 2.75) is 24.9 Å². The molecule has 2 heterocycles. The molecule has 0 radical (unpaired) electrons. The van der Waals surface area contributed by atoms with Crippen LogP contribution >= 0.6 is 11.8 Å². The molecule has 3 aromatic rings. The lowest BCUT2D eigenvalue weighted by Crippen LogP contribution is -1.99. The number of nitrogens with zero attached hydrogens (tertiary/aromatic N) is 5. The summed E-state index contributed by atoms with van der Waals surface area (Å²) in [6, 6.07) is 9.97. The molecule has 0 atom stereocenters. The van der Waals surface area contributed by atoms with E-state index in [0.717, 1.165) is 35.4 Å². The summed E-state index contributed by atoms with van der Waals surface area (Å²) in [5.74, 6) is 0. The fourth-order valence-electron chi connectivity index (χ4n) is 2.10. The summed E-state index contributed by atoms with van der Waals surface area (Å²) < 4.78 is 1.82. The maximum atomic E-state index is 4.67. The van der Waals surface area contributed by atoms with Crippen LogP contribution in [0.3, 0.4) is 0 Å². The fourth-order valence-corrected chi connectivity index (χ4v) is 2.40. The highest BCUT2D eigenvalue weighted by Gasteiger charge is 2.15. The Bertz CT molecular complexity index is 723. The van der Waals surface area contributed by atoms with Gasteiger partial charge in [-0.25, -0.2) is 9.67 Å². The number of benzene rings is 1. The van der Waals surface area contributed by atoms with Crippen molar-refractivity contribution in [3.05, 3.63) is 36.0 Å². The molecule has 0 fully saturated rings. The molecule has 2 aromatic heterocycles. The molecule has 0 aliphatic heterocycles. The molecule has 0 aliphatic carbocycles. The summed E-state index contributed by atoms with van der Waals surface area (Å²) in [6.07, 6.45) is 3.87. The lowest BCUT2D eigenvalue weighted by atomic mass is 10.2. The molecule has 5 nitrogen and oxygen atoms in total. The van der Waals surface area contributed by atoms with Crippen LogP contribution in [-0.2, 0) is 6.42 Å². The van der Waals surface area contributed by atoms with Gasteiger partial charge >= 0.3 is 0 Å². The van der Waals surface area contributed by atoms with Crippen LogP contribution in [0.4, 0.5) is 0 Å². The Kier molecular flexibility index (Phi) is 3.64. The van der Waals surface area contributed by atoms with E-state index in [-0.39, 0.29) is 0 Å². The van der Waals surface area contributed by atoms with E-state index < -0.39 is 0 Å². The van der Waals surface area contributed by atoms with Gasteiger partial charge in [0.2, 0.25) is 10.8 Å². The molecule has 0 spiro atoms. The molecule has 0 N–H and O–H groups in total. The molecule has 20 heavy (non-hydrogen) atoms. The first-order valence-electron chi connectivity index (χ1n) is 6.55. The number of hydrogen-bond donors (Lipinski definition) is 0. The Morgan fingerprint density at radius 3 is 2.65 bits per heavy atom. The molecule has 0 saturated carbocycles. The first-order chi connectivity index (χ1) is 9.83. The van der Waals surface area contributed by atoms with Gasteiger partial charge in [0.15, 0.2) is 0 Å². The smallest absolute Gasteiger partial charge is 0.209 e. The van der Waals surface area contributed by atoms with E-state index >= 15 is 0 Å². The molecule has 3 rings (SSSR count). The predicted octanol–water partition coefficient (Wildman–Crippen LogP) is 2.88. The van der Waals surface area contributed by atoms with E-state index in [9.17, 15) is 0 Å². The van der Waals surface area contributed by atoms with Crippen LogP contribution in [0.2, 0.25) is 0 Å². The molecule has 0 bridgehead atoms. The van der Waals surface area contributed by atoms with Crippen molar-refractivity contribution in [3.8, 4) is 5.69 Å². The SMILES string of the molecule is CCCc1nn(-c2ccccc2)c2nnc(SC)nc12. The average Bonchev–Trinajstić information content (AvgIpc) is 2.86. The zero-order valence-electron chi connectivity index (χ0n) is 11.4. The number of thioether (sulfide) groups is 1.